The van der Waals surface area contributed by atoms with Crippen molar-refractivity contribution in [1.82, 2.24) is 4.98 Å². The Labute approximate surface area is 173 Å². The number of benzene rings is 2. The molecule has 0 saturated carbocycles. The Kier molecular flexibility index (Phi) is 6.99. The topological polar surface area (TPSA) is 93.5 Å². The molecule has 150 valence electrons. The van der Waals surface area contributed by atoms with Gasteiger partial charge in [-0.2, -0.15) is 0 Å². The van der Waals surface area contributed by atoms with Crippen LogP contribution in [0.15, 0.2) is 59.1 Å². The summed E-state index contributed by atoms with van der Waals surface area (Å²) in [6.07, 6.45) is 2.24. The van der Waals surface area contributed by atoms with E-state index in [1.807, 2.05) is 12.1 Å². The summed E-state index contributed by atoms with van der Waals surface area (Å²) >= 11 is 5.88. The van der Waals surface area contributed by atoms with Crippen LogP contribution in [0.4, 0.5) is 11.4 Å². The van der Waals surface area contributed by atoms with E-state index in [-0.39, 0.29) is 24.8 Å². The Morgan fingerprint density at radius 3 is 2.24 bits per heavy atom. The molecule has 2 N–H and O–H groups in total. The molecule has 0 fully saturated rings. The molecule has 0 aliphatic carbocycles. The summed E-state index contributed by atoms with van der Waals surface area (Å²) in [5.74, 6) is 0.713. The molecule has 0 unspecified atom stereocenters. The van der Waals surface area contributed by atoms with Crippen molar-refractivity contribution in [2.75, 3.05) is 24.4 Å². The summed E-state index contributed by atoms with van der Waals surface area (Å²) in [4.78, 5) is 27.9. The number of rotatable bonds is 8. The standard InChI is InChI=1S/C21H20ClN3O4/c1-28-13-20(27)25-17-8-6-16(7-9-17)24-19(26)10-11-21-23-12-18(29-21)14-2-4-15(22)5-3-14/h2-9,12H,10-11,13H2,1H3,(H,24,26)(H,25,27). The van der Waals surface area contributed by atoms with Crippen molar-refractivity contribution in [2.45, 2.75) is 12.8 Å². The maximum Gasteiger partial charge on any atom is 0.250 e. The number of anilines is 2. The molecule has 7 nitrogen and oxygen atoms in total. The van der Waals surface area contributed by atoms with E-state index < -0.39 is 0 Å². The number of carbonyl (C=O) groups excluding carboxylic acids is 2. The van der Waals surface area contributed by atoms with Gasteiger partial charge < -0.3 is 19.8 Å². The summed E-state index contributed by atoms with van der Waals surface area (Å²) in [6.45, 7) is -0.0148. The number of methoxy groups -OCH3 is 1. The molecule has 1 heterocycles. The van der Waals surface area contributed by atoms with E-state index in [0.717, 1.165) is 5.56 Å². The SMILES string of the molecule is COCC(=O)Nc1ccc(NC(=O)CCc2ncc(-c3ccc(Cl)cc3)o2)cc1. The van der Waals surface area contributed by atoms with E-state index in [4.69, 9.17) is 20.8 Å². The van der Waals surface area contributed by atoms with Crippen LogP contribution in [0.5, 0.6) is 0 Å². The highest BCUT2D eigenvalue weighted by Crippen LogP contribution is 2.23. The molecule has 3 rings (SSSR count). The average molecular weight is 414 g/mol. The molecule has 0 bridgehead atoms. The second-order valence-electron chi connectivity index (χ2n) is 6.23. The summed E-state index contributed by atoms with van der Waals surface area (Å²) in [5, 5.41) is 6.14. The summed E-state index contributed by atoms with van der Waals surface area (Å²) in [6, 6.07) is 14.1. The Morgan fingerprint density at radius 1 is 1.00 bits per heavy atom. The van der Waals surface area contributed by atoms with E-state index in [0.29, 0.717) is 34.5 Å². The molecular formula is C21H20ClN3O4. The number of nitrogens with zero attached hydrogens (tertiary/aromatic N) is 1. The lowest BCUT2D eigenvalue weighted by Crippen LogP contribution is -2.17. The predicted molar refractivity (Wildman–Crippen MR) is 111 cm³/mol. The van der Waals surface area contributed by atoms with Gasteiger partial charge in [0, 0.05) is 41.9 Å². The van der Waals surface area contributed by atoms with Gasteiger partial charge in [-0.15, -0.1) is 0 Å². The molecule has 29 heavy (non-hydrogen) atoms. The lowest BCUT2D eigenvalue weighted by Gasteiger charge is -2.07. The van der Waals surface area contributed by atoms with Gasteiger partial charge in [0.1, 0.15) is 6.61 Å². The lowest BCUT2D eigenvalue weighted by molar-refractivity contribution is -0.119. The van der Waals surface area contributed by atoms with Gasteiger partial charge in [-0.1, -0.05) is 11.6 Å². The normalized spacial score (nSPS) is 10.6. The van der Waals surface area contributed by atoms with Gasteiger partial charge in [-0.05, 0) is 48.5 Å². The highest BCUT2D eigenvalue weighted by Gasteiger charge is 2.10. The molecule has 0 aliphatic rings. The maximum atomic E-state index is 12.2. The fourth-order valence-corrected chi connectivity index (χ4v) is 2.71. The maximum absolute atomic E-state index is 12.2. The monoisotopic (exact) mass is 413 g/mol. The number of carbonyl (C=O) groups is 2. The van der Waals surface area contributed by atoms with Crippen molar-refractivity contribution in [3.63, 3.8) is 0 Å². The van der Waals surface area contributed by atoms with Crippen LogP contribution in [-0.2, 0) is 20.7 Å². The quantitative estimate of drug-likeness (QED) is 0.578. The molecule has 0 radical (unpaired) electrons. The van der Waals surface area contributed by atoms with Crippen LogP contribution >= 0.6 is 11.6 Å². The first kappa shape index (κ1) is 20.6. The molecule has 2 amide bonds. The molecule has 1 aromatic heterocycles. The first-order valence-corrected chi connectivity index (χ1v) is 9.30. The number of hydrogen-bond donors (Lipinski definition) is 2. The fraction of sp³-hybridized carbons (Fsp3) is 0.190. The fourth-order valence-electron chi connectivity index (χ4n) is 2.58. The molecule has 8 heteroatoms. The van der Waals surface area contributed by atoms with Gasteiger partial charge in [0.05, 0.1) is 6.20 Å². The van der Waals surface area contributed by atoms with Crippen LogP contribution < -0.4 is 10.6 Å². The van der Waals surface area contributed by atoms with Gasteiger partial charge >= 0.3 is 0 Å². The zero-order chi connectivity index (χ0) is 20.6. The van der Waals surface area contributed by atoms with Crippen LogP contribution in [-0.4, -0.2) is 30.5 Å². The predicted octanol–water partition coefficient (Wildman–Crippen LogP) is 4.15. The van der Waals surface area contributed by atoms with Crippen molar-refractivity contribution < 1.29 is 18.7 Å². The van der Waals surface area contributed by atoms with Crippen LogP contribution in [0, 0.1) is 0 Å². The minimum absolute atomic E-state index is 0.0148. The van der Waals surface area contributed by atoms with E-state index >= 15 is 0 Å². The molecule has 2 aromatic carbocycles. The van der Waals surface area contributed by atoms with Gasteiger partial charge in [-0.25, -0.2) is 4.98 Å². The lowest BCUT2D eigenvalue weighted by atomic mass is 10.2. The van der Waals surface area contributed by atoms with Crippen molar-refractivity contribution in [3.8, 4) is 11.3 Å². The van der Waals surface area contributed by atoms with E-state index in [9.17, 15) is 9.59 Å². The van der Waals surface area contributed by atoms with Crippen molar-refractivity contribution >= 4 is 34.8 Å². The minimum atomic E-state index is -0.242. The first-order chi connectivity index (χ1) is 14.0. The Hall–Kier alpha value is -3.16. The molecular weight excluding hydrogens is 394 g/mol. The second kappa shape index (κ2) is 9.86. The number of oxazole rings is 1. The number of nitrogens with one attached hydrogen (secondary N) is 2. The van der Waals surface area contributed by atoms with Gasteiger partial charge in [-0.3, -0.25) is 9.59 Å². The minimum Gasteiger partial charge on any atom is -0.441 e. The Bertz CT molecular complexity index is 968. The Balaban J connectivity index is 1.49. The highest BCUT2D eigenvalue weighted by atomic mass is 35.5. The number of halogens is 1. The van der Waals surface area contributed by atoms with Crippen LogP contribution in [0.1, 0.15) is 12.3 Å². The second-order valence-corrected chi connectivity index (χ2v) is 6.67. The third-order valence-electron chi connectivity index (χ3n) is 3.98. The van der Waals surface area contributed by atoms with E-state index in [1.54, 1.807) is 42.6 Å². The zero-order valence-corrected chi connectivity index (χ0v) is 16.5. The van der Waals surface area contributed by atoms with Crippen LogP contribution in [0.2, 0.25) is 5.02 Å². The van der Waals surface area contributed by atoms with E-state index in [2.05, 4.69) is 15.6 Å². The van der Waals surface area contributed by atoms with Gasteiger partial charge in [0.15, 0.2) is 11.7 Å². The highest BCUT2D eigenvalue weighted by molar-refractivity contribution is 6.30. The number of hydrogen-bond acceptors (Lipinski definition) is 5. The number of aromatic nitrogens is 1. The third kappa shape index (κ3) is 6.17. The largest absolute Gasteiger partial charge is 0.441 e. The van der Waals surface area contributed by atoms with Crippen LogP contribution in [0.3, 0.4) is 0 Å². The smallest absolute Gasteiger partial charge is 0.250 e. The zero-order valence-electron chi connectivity index (χ0n) is 15.8. The summed E-state index contributed by atoms with van der Waals surface area (Å²) < 4.78 is 10.5. The molecule has 0 aliphatic heterocycles. The third-order valence-corrected chi connectivity index (χ3v) is 4.23. The van der Waals surface area contributed by atoms with Crippen molar-refractivity contribution in [3.05, 3.63) is 65.6 Å². The van der Waals surface area contributed by atoms with E-state index in [1.165, 1.54) is 7.11 Å². The summed E-state index contributed by atoms with van der Waals surface area (Å²) in [5.41, 5.74) is 2.13. The van der Waals surface area contributed by atoms with Crippen LogP contribution in [0.25, 0.3) is 11.3 Å². The molecule has 3 aromatic rings. The number of ether oxygens (including phenoxy) is 1. The molecule has 0 saturated heterocycles. The van der Waals surface area contributed by atoms with Crippen molar-refractivity contribution in [2.24, 2.45) is 0 Å². The first-order valence-electron chi connectivity index (χ1n) is 8.93. The number of amides is 2. The molecule has 0 spiro atoms. The Morgan fingerprint density at radius 2 is 1.62 bits per heavy atom. The van der Waals surface area contributed by atoms with Crippen molar-refractivity contribution in [1.29, 1.82) is 0 Å². The molecule has 0 atom stereocenters. The summed E-state index contributed by atoms with van der Waals surface area (Å²) in [7, 11) is 1.45. The number of aryl methyl sites for hydroxylation is 1. The van der Waals surface area contributed by atoms with Gasteiger partial charge in [0.2, 0.25) is 11.8 Å². The average Bonchev–Trinajstić information content (AvgIpc) is 3.18. The van der Waals surface area contributed by atoms with Gasteiger partial charge in [0.25, 0.3) is 0 Å².